The summed E-state index contributed by atoms with van der Waals surface area (Å²) in [5, 5.41) is 0. The number of primary amides is 1. The van der Waals surface area contributed by atoms with Crippen molar-refractivity contribution in [2.45, 2.75) is 78.6 Å². The van der Waals surface area contributed by atoms with Gasteiger partial charge in [0.1, 0.15) is 0 Å². The Labute approximate surface area is 113 Å². The predicted molar refractivity (Wildman–Crippen MR) is 77.5 cm³/mol. The summed E-state index contributed by atoms with van der Waals surface area (Å²) in [5.74, 6) is -0.171. The number of halogens is 1. The zero-order chi connectivity index (χ0) is 12.4. The molecule has 0 saturated heterocycles. The van der Waals surface area contributed by atoms with Crippen LogP contribution in [0.5, 0.6) is 0 Å². The van der Waals surface area contributed by atoms with Crippen LogP contribution in [-0.4, -0.2) is 5.91 Å². The standard InChI is InChI=1S/C14H29NO.ClH/c1-4-5-6-7-8-9-10-11-12-14(2,3)13(15)16;/h4-12H2,1-3H3,(H2,15,16);1H. The molecule has 0 bridgehead atoms. The lowest BCUT2D eigenvalue weighted by molar-refractivity contribution is -0.126. The summed E-state index contributed by atoms with van der Waals surface area (Å²) >= 11 is 0. The summed E-state index contributed by atoms with van der Waals surface area (Å²) in [5.41, 5.74) is 5.01. The Balaban J connectivity index is 0. The molecule has 0 spiro atoms. The molecule has 0 atom stereocenters. The third-order valence-corrected chi connectivity index (χ3v) is 3.32. The Bertz CT molecular complexity index is 193. The Morgan fingerprint density at radius 2 is 1.35 bits per heavy atom. The van der Waals surface area contributed by atoms with E-state index < -0.39 is 0 Å². The minimum absolute atomic E-state index is 0. The molecule has 0 saturated carbocycles. The average Bonchev–Trinajstić information content (AvgIpc) is 2.21. The number of carbonyl (C=O) groups is 1. The highest BCUT2D eigenvalue weighted by Crippen LogP contribution is 2.23. The maximum atomic E-state index is 11.1. The molecule has 0 aromatic carbocycles. The van der Waals surface area contributed by atoms with Crippen LogP contribution in [0.3, 0.4) is 0 Å². The van der Waals surface area contributed by atoms with Gasteiger partial charge < -0.3 is 5.73 Å². The predicted octanol–water partition coefficient (Wildman–Crippen LogP) is 4.45. The van der Waals surface area contributed by atoms with Crippen molar-refractivity contribution in [1.29, 1.82) is 0 Å². The van der Waals surface area contributed by atoms with Crippen LogP contribution in [-0.2, 0) is 4.79 Å². The van der Waals surface area contributed by atoms with Crippen molar-refractivity contribution in [2.24, 2.45) is 11.1 Å². The zero-order valence-corrected chi connectivity index (χ0v) is 12.6. The quantitative estimate of drug-likeness (QED) is 0.582. The van der Waals surface area contributed by atoms with Gasteiger partial charge in [-0.1, -0.05) is 72.1 Å². The molecule has 2 nitrogen and oxygen atoms in total. The van der Waals surface area contributed by atoms with E-state index in [0.717, 1.165) is 12.8 Å². The SMILES string of the molecule is CCCCCCCCCCC(C)(C)C(N)=O.Cl. The van der Waals surface area contributed by atoms with Crippen LogP contribution in [0, 0.1) is 5.41 Å². The van der Waals surface area contributed by atoms with Gasteiger partial charge in [0.05, 0.1) is 0 Å². The van der Waals surface area contributed by atoms with Crippen LogP contribution >= 0.6 is 12.4 Å². The van der Waals surface area contributed by atoms with Gasteiger partial charge in [0.25, 0.3) is 0 Å². The Morgan fingerprint density at radius 1 is 0.941 bits per heavy atom. The molecule has 2 N–H and O–H groups in total. The van der Waals surface area contributed by atoms with E-state index in [-0.39, 0.29) is 23.7 Å². The van der Waals surface area contributed by atoms with Gasteiger partial charge in [-0.2, -0.15) is 0 Å². The van der Waals surface area contributed by atoms with E-state index in [9.17, 15) is 4.79 Å². The van der Waals surface area contributed by atoms with Crippen molar-refractivity contribution in [3.63, 3.8) is 0 Å². The first-order valence-electron chi connectivity index (χ1n) is 6.80. The molecule has 0 aliphatic heterocycles. The highest BCUT2D eigenvalue weighted by Gasteiger charge is 2.23. The number of carbonyl (C=O) groups excluding carboxylic acids is 1. The van der Waals surface area contributed by atoms with E-state index in [1.807, 2.05) is 13.8 Å². The van der Waals surface area contributed by atoms with Crippen LogP contribution in [0.4, 0.5) is 0 Å². The molecule has 1 amide bonds. The van der Waals surface area contributed by atoms with Gasteiger partial charge >= 0.3 is 0 Å². The minimum Gasteiger partial charge on any atom is -0.369 e. The fraction of sp³-hybridized carbons (Fsp3) is 0.929. The summed E-state index contributed by atoms with van der Waals surface area (Å²) in [6, 6.07) is 0. The summed E-state index contributed by atoms with van der Waals surface area (Å²) in [4.78, 5) is 11.1. The van der Waals surface area contributed by atoms with E-state index in [2.05, 4.69) is 6.92 Å². The van der Waals surface area contributed by atoms with Gasteiger partial charge in [0, 0.05) is 5.41 Å². The fourth-order valence-corrected chi connectivity index (χ4v) is 1.82. The normalized spacial score (nSPS) is 11.0. The molecule has 0 aromatic rings. The third-order valence-electron chi connectivity index (χ3n) is 3.32. The molecule has 0 aliphatic rings. The summed E-state index contributed by atoms with van der Waals surface area (Å²) in [6.07, 6.45) is 11.4. The molecular formula is C14H30ClNO. The van der Waals surface area contributed by atoms with Crippen LogP contribution < -0.4 is 5.73 Å². The van der Waals surface area contributed by atoms with Crippen molar-refractivity contribution in [3.05, 3.63) is 0 Å². The number of nitrogens with two attached hydrogens (primary N) is 1. The molecule has 3 heteroatoms. The molecule has 0 radical (unpaired) electrons. The number of rotatable bonds is 10. The second-order valence-electron chi connectivity index (χ2n) is 5.47. The molecule has 0 aliphatic carbocycles. The first-order valence-corrected chi connectivity index (χ1v) is 6.80. The van der Waals surface area contributed by atoms with Gasteiger partial charge in [-0.15, -0.1) is 12.4 Å². The fourth-order valence-electron chi connectivity index (χ4n) is 1.82. The summed E-state index contributed by atoms with van der Waals surface area (Å²) < 4.78 is 0. The van der Waals surface area contributed by atoms with Crippen LogP contribution in [0.25, 0.3) is 0 Å². The van der Waals surface area contributed by atoms with E-state index in [1.165, 1.54) is 44.9 Å². The van der Waals surface area contributed by atoms with Crippen LogP contribution in [0.2, 0.25) is 0 Å². The van der Waals surface area contributed by atoms with Gasteiger partial charge in [0.15, 0.2) is 0 Å². The molecule has 0 rings (SSSR count). The lowest BCUT2D eigenvalue weighted by Crippen LogP contribution is -2.31. The third kappa shape index (κ3) is 10.6. The monoisotopic (exact) mass is 263 g/mol. The van der Waals surface area contributed by atoms with Gasteiger partial charge in [-0.25, -0.2) is 0 Å². The Morgan fingerprint density at radius 3 is 1.76 bits per heavy atom. The van der Waals surface area contributed by atoms with Crippen molar-refractivity contribution >= 4 is 18.3 Å². The highest BCUT2D eigenvalue weighted by atomic mass is 35.5. The van der Waals surface area contributed by atoms with Crippen molar-refractivity contribution < 1.29 is 4.79 Å². The Kier molecular flexibility index (Phi) is 12.2. The maximum absolute atomic E-state index is 11.1. The van der Waals surface area contributed by atoms with Gasteiger partial charge in [0.2, 0.25) is 5.91 Å². The lowest BCUT2D eigenvalue weighted by Gasteiger charge is -2.19. The lowest BCUT2D eigenvalue weighted by atomic mass is 9.86. The highest BCUT2D eigenvalue weighted by molar-refractivity contribution is 5.85. The average molecular weight is 264 g/mol. The second kappa shape index (κ2) is 10.9. The topological polar surface area (TPSA) is 43.1 Å². The number of hydrogen-bond donors (Lipinski definition) is 1. The molecule has 17 heavy (non-hydrogen) atoms. The maximum Gasteiger partial charge on any atom is 0.223 e. The number of hydrogen-bond acceptors (Lipinski definition) is 1. The van der Waals surface area contributed by atoms with E-state index >= 15 is 0 Å². The van der Waals surface area contributed by atoms with Crippen molar-refractivity contribution in [2.75, 3.05) is 0 Å². The van der Waals surface area contributed by atoms with Crippen molar-refractivity contribution in [1.82, 2.24) is 0 Å². The minimum atomic E-state index is -0.317. The summed E-state index contributed by atoms with van der Waals surface area (Å²) in [7, 11) is 0. The zero-order valence-electron chi connectivity index (χ0n) is 11.8. The van der Waals surface area contributed by atoms with Gasteiger partial charge in [-0.3, -0.25) is 4.79 Å². The van der Waals surface area contributed by atoms with E-state index in [0.29, 0.717) is 0 Å². The molecule has 0 fully saturated rings. The molecule has 104 valence electrons. The molecule has 0 aromatic heterocycles. The summed E-state index contributed by atoms with van der Waals surface area (Å²) in [6.45, 7) is 6.12. The molecule has 0 unspecified atom stereocenters. The Hall–Kier alpha value is -0.240. The van der Waals surface area contributed by atoms with E-state index in [1.54, 1.807) is 0 Å². The first kappa shape index (κ1) is 19.1. The smallest absolute Gasteiger partial charge is 0.223 e. The van der Waals surface area contributed by atoms with Gasteiger partial charge in [-0.05, 0) is 6.42 Å². The number of unbranched alkanes of at least 4 members (excludes halogenated alkanes) is 7. The second-order valence-corrected chi connectivity index (χ2v) is 5.47. The van der Waals surface area contributed by atoms with Crippen molar-refractivity contribution in [3.8, 4) is 0 Å². The van der Waals surface area contributed by atoms with Crippen LogP contribution in [0.1, 0.15) is 78.6 Å². The molecular weight excluding hydrogens is 234 g/mol. The largest absolute Gasteiger partial charge is 0.369 e. The first-order chi connectivity index (χ1) is 7.50. The van der Waals surface area contributed by atoms with E-state index in [4.69, 9.17) is 5.73 Å². The van der Waals surface area contributed by atoms with Crippen LogP contribution in [0.15, 0.2) is 0 Å². The number of amides is 1. The molecule has 0 heterocycles.